The van der Waals surface area contributed by atoms with Crippen molar-refractivity contribution in [1.82, 2.24) is 9.88 Å². The normalized spacial score (nSPS) is 19.3. The van der Waals surface area contributed by atoms with Gasteiger partial charge in [0.25, 0.3) is 5.92 Å². The Bertz CT molecular complexity index is 412. The third-order valence-electron chi connectivity index (χ3n) is 2.67. The standard InChI is InChI=1S/C12H17F2N3O/c1-11(2,6-17-7-12(13,14)8-17)18-9-3-4-10(15)16-5-9/h3-5H,6-8H2,1-2H3,(H2,15,16). The van der Waals surface area contributed by atoms with Crippen LogP contribution in [0.4, 0.5) is 14.6 Å². The Morgan fingerprint density at radius 3 is 2.61 bits per heavy atom. The van der Waals surface area contributed by atoms with E-state index in [9.17, 15) is 8.78 Å². The largest absolute Gasteiger partial charge is 0.485 e. The third kappa shape index (κ3) is 3.29. The van der Waals surface area contributed by atoms with Crippen molar-refractivity contribution in [2.45, 2.75) is 25.4 Å². The summed E-state index contributed by atoms with van der Waals surface area (Å²) in [5.41, 5.74) is 4.93. The summed E-state index contributed by atoms with van der Waals surface area (Å²) in [5, 5.41) is 0. The molecule has 2 N–H and O–H groups in total. The van der Waals surface area contributed by atoms with Gasteiger partial charge in [-0.3, -0.25) is 4.90 Å². The van der Waals surface area contributed by atoms with E-state index >= 15 is 0 Å². The number of aromatic nitrogens is 1. The van der Waals surface area contributed by atoms with E-state index < -0.39 is 11.5 Å². The number of alkyl halides is 2. The minimum Gasteiger partial charge on any atom is -0.485 e. The van der Waals surface area contributed by atoms with E-state index in [0.717, 1.165) is 0 Å². The highest BCUT2D eigenvalue weighted by Gasteiger charge is 2.45. The molecule has 0 radical (unpaired) electrons. The molecule has 1 aromatic heterocycles. The highest BCUT2D eigenvalue weighted by Crippen LogP contribution is 2.29. The van der Waals surface area contributed by atoms with Crippen molar-refractivity contribution in [3.63, 3.8) is 0 Å². The molecule has 1 aliphatic rings. The van der Waals surface area contributed by atoms with E-state index in [1.165, 1.54) is 6.20 Å². The van der Waals surface area contributed by atoms with Gasteiger partial charge in [0.05, 0.1) is 19.3 Å². The van der Waals surface area contributed by atoms with Crippen LogP contribution in [0.15, 0.2) is 18.3 Å². The number of anilines is 1. The van der Waals surface area contributed by atoms with Crippen molar-refractivity contribution < 1.29 is 13.5 Å². The summed E-state index contributed by atoms with van der Waals surface area (Å²) in [5.74, 6) is -1.54. The van der Waals surface area contributed by atoms with Crippen LogP contribution < -0.4 is 10.5 Å². The Labute approximate surface area is 105 Å². The molecule has 0 aromatic carbocycles. The number of rotatable bonds is 4. The van der Waals surface area contributed by atoms with Crippen LogP contribution in [-0.2, 0) is 0 Å². The van der Waals surface area contributed by atoms with Crippen molar-refractivity contribution >= 4 is 5.82 Å². The van der Waals surface area contributed by atoms with E-state index in [1.807, 2.05) is 13.8 Å². The Morgan fingerprint density at radius 2 is 2.11 bits per heavy atom. The van der Waals surface area contributed by atoms with E-state index in [2.05, 4.69) is 4.98 Å². The maximum absolute atomic E-state index is 12.7. The summed E-state index contributed by atoms with van der Waals surface area (Å²) in [6.45, 7) is 3.78. The second-order valence-corrected chi connectivity index (χ2v) is 5.28. The zero-order valence-corrected chi connectivity index (χ0v) is 10.5. The van der Waals surface area contributed by atoms with Gasteiger partial charge in [-0.1, -0.05) is 0 Å². The van der Waals surface area contributed by atoms with Crippen LogP contribution in [0, 0.1) is 0 Å². The van der Waals surface area contributed by atoms with Crippen LogP contribution in [-0.4, -0.2) is 41.0 Å². The number of halogens is 2. The fourth-order valence-corrected chi connectivity index (χ4v) is 2.06. The molecule has 0 saturated carbocycles. The number of hydrogen-bond donors (Lipinski definition) is 1. The Hall–Kier alpha value is -1.43. The lowest BCUT2D eigenvalue weighted by Gasteiger charge is -2.42. The molecule has 0 bridgehead atoms. The van der Waals surface area contributed by atoms with Gasteiger partial charge in [0.1, 0.15) is 17.2 Å². The lowest BCUT2D eigenvalue weighted by atomic mass is 10.0. The molecule has 0 spiro atoms. The van der Waals surface area contributed by atoms with Gasteiger partial charge in [-0.05, 0) is 26.0 Å². The minimum absolute atomic E-state index is 0.195. The summed E-state index contributed by atoms with van der Waals surface area (Å²) in [6.07, 6.45) is 1.53. The van der Waals surface area contributed by atoms with Crippen molar-refractivity contribution in [1.29, 1.82) is 0 Å². The lowest BCUT2D eigenvalue weighted by Crippen LogP contribution is -2.60. The Balaban J connectivity index is 1.89. The second-order valence-electron chi connectivity index (χ2n) is 5.28. The predicted molar refractivity (Wildman–Crippen MR) is 64.7 cm³/mol. The van der Waals surface area contributed by atoms with Crippen molar-refractivity contribution in [3.8, 4) is 5.75 Å². The molecule has 1 fully saturated rings. The molecule has 18 heavy (non-hydrogen) atoms. The fraction of sp³-hybridized carbons (Fsp3) is 0.583. The second kappa shape index (κ2) is 4.35. The van der Waals surface area contributed by atoms with Crippen molar-refractivity contribution in [2.24, 2.45) is 0 Å². The summed E-state index contributed by atoms with van der Waals surface area (Å²) in [7, 11) is 0. The zero-order valence-electron chi connectivity index (χ0n) is 10.5. The van der Waals surface area contributed by atoms with Gasteiger partial charge >= 0.3 is 0 Å². The molecule has 6 heteroatoms. The first kappa shape index (κ1) is 13.0. The van der Waals surface area contributed by atoms with Crippen LogP contribution in [0.3, 0.4) is 0 Å². The van der Waals surface area contributed by atoms with Crippen molar-refractivity contribution in [3.05, 3.63) is 18.3 Å². The molecule has 0 amide bonds. The number of ether oxygens (including phenoxy) is 1. The first-order chi connectivity index (χ1) is 8.26. The quantitative estimate of drug-likeness (QED) is 0.893. The van der Waals surface area contributed by atoms with Gasteiger partial charge in [0, 0.05) is 6.54 Å². The number of nitrogens with zero attached hydrogens (tertiary/aromatic N) is 2. The van der Waals surface area contributed by atoms with E-state index in [0.29, 0.717) is 18.1 Å². The maximum Gasteiger partial charge on any atom is 0.272 e. The number of hydrogen-bond acceptors (Lipinski definition) is 4. The molecule has 2 rings (SSSR count). The summed E-state index contributed by atoms with van der Waals surface area (Å²) in [4.78, 5) is 5.59. The topological polar surface area (TPSA) is 51.4 Å². The van der Waals surface area contributed by atoms with Gasteiger partial charge < -0.3 is 10.5 Å². The van der Waals surface area contributed by atoms with Crippen LogP contribution in [0.25, 0.3) is 0 Å². The zero-order chi connectivity index (χ0) is 13.4. The number of likely N-dealkylation sites (tertiary alicyclic amines) is 1. The van der Waals surface area contributed by atoms with Crippen LogP contribution in [0.5, 0.6) is 5.75 Å². The summed E-state index contributed by atoms with van der Waals surface area (Å²) in [6, 6.07) is 3.36. The average Bonchev–Trinajstić information content (AvgIpc) is 2.18. The van der Waals surface area contributed by atoms with Crippen LogP contribution >= 0.6 is 0 Å². The lowest BCUT2D eigenvalue weighted by molar-refractivity contribution is -0.144. The van der Waals surface area contributed by atoms with Crippen LogP contribution in [0.2, 0.25) is 0 Å². The number of nitrogen functional groups attached to an aromatic ring is 1. The Morgan fingerprint density at radius 1 is 1.44 bits per heavy atom. The fourth-order valence-electron chi connectivity index (χ4n) is 2.06. The molecule has 4 nitrogen and oxygen atoms in total. The molecule has 2 heterocycles. The monoisotopic (exact) mass is 257 g/mol. The third-order valence-corrected chi connectivity index (χ3v) is 2.67. The van der Waals surface area contributed by atoms with E-state index in [4.69, 9.17) is 10.5 Å². The van der Waals surface area contributed by atoms with Gasteiger partial charge in [-0.25, -0.2) is 13.8 Å². The van der Waals surface area contributed by atoms with Gasteiger partial charge in [-0.2, -0.15) is 0 Å². The number of nitrogens with two attached hydrogens (primary N) is 1. The number of pyridine rings is 1. The predicted octanol–water partition coefficient (Wildman–Crippen LogP) is 1.77. The molecule has 0 unspecified atom stereocenters. The Kier molecular flexibility index (Phi) is 3.14. The highest BCUT2D eigenvalue weighted by molar-refractivity contribution is 5.32. The average molecular weight is 257 g/mol. The first-order valence-corrected chi connectivity index (χ1v) is 5.77. The van der Waals surface area contributed by atoms with Crippen molar-refractivity contribution in [2.75, 3.05) is 25.4 Å². The highest BCUT2D eigenvalue weighted by atomic mass is 19.3. The molecule has 1 aliphatic heterocycles. The van der Waals surface area contributed by atoms with Gasteiger partial charge in [0.15, 0.2) is 0 Å². The summed E-state index contributed by atoms with van der Waals surface area (Å²) >= 11 is 0. The summed E-state index contributed by atoms with van der Waals surface area (Å²) < 4.78 is 31.2. The molecule has 100 valence electrons. The SMILES string of the molecule is CC(C)(CN1CC(F)(F)C1)Oc1ccc(N)nc1. The van der Waals surface area contributed by atoms with Crippen LogP contribution in [0.1, 0.15) is 13.8 Å². The maximum atomic E-state index is 12.7. The molecule has 0 aliphatic carbocycles. The van der Waals surface area contributed by atoms with E-state index in [1.54, 1.807) is 17.0 Å². The van der Waals surface area contributed by atoms with Gasteiger partial charge in [-0.15, -0.1) is 0 Å². The molecular formula is C12H17F2N3O. The molecule has 1 saturated heterocycles. The van der Waals surface area contributed by atoms with E-state index in [-0.39, 0.29) is 13.1 Å². The van der Waals surface area contributed by atoms with Gasteiger partial charge in [0.2, 0.25) is 0 Å². The molecular weight excluding hydrogens is 240 g/mol. The first-order valence-electron chi connectivity index (χ1n) is 5.77. The molecule has 0 atom stereocenters. The smallest absolute Gasteiger partial charge is 0.272 e. The minimum atomic E-state index is -2.54. The molecule has 1 aromatic rings.